The van der Waals surface area contributed by atoms with E-state index in [1.807, 2.05) is 18.7 Å². The highest BCUT2D eigenvalue weighted by atomic mass is 19.1. The first-order valence-electron chi connectivity index (χ1n) is 8.10. The quantitative estimate of drug-likeness (QED) is 0.929. The summed E-state index contributed by atoms with van der Waals surface area (Å²) in [5, 5.41) is 3.00. The van der Waals surface area contributed by atoms with Crippen LogP contribution in [0.5, 0.6) is 0 Å². The molecule has 4 atom stereocenters. The van der Waals surface area contributed by atoms with E-state index in [9.17, 15) is 13.6 Å². The number of anilines is 1. The van der Waals surface area contributed by atoms with Crippen LogP contribution in [0.4, 0.5) is 14.5 Å². The zero-order valence-electron chi connectivity index (χ0n) is 13.4. The maximum absolute atomic E-state index is 13.8. The molecule has 126 valence electrons. The van der Waals surface area contributed by atoms with E-state index < -0.39 is 17.7 Å². The number of ether oxygens (including phenoxy) is 1. The van der Waals surface area contributed by atoms with E-state index in [1.165, 1.54) is 12.1 Å². The number of hydrogen-bond acceptors (Lipinski definition) is 3. The Hall–Kier alpha value is -1.69. The van der Waals surface area contributed by atoms with Gasteiger partial charge < -0.3 is 15.0 Å². The first kappa shape index (κ1) is 16.2. The standard InChI is InChI=1S/C17H22F2N2O2/c1-10-7-11(2)23-16(10)17(22)20-13-5-6-21(9-13)15-4-3-12(18)8-14(15)19/h3-4,8,10-11,13,16H,5-7,9H2,1-2H3,(H,20,22). The minimum absolute atomic E-state index is 0.0429. The van der Waals surface area contributed by atoms with E-state index in [1.54, 1.807) is 0 Å². The number of hydrogen-bond donors (Lipinski definition) is 1. The van der Waals surface area contributed by atoms with Gasteiger partial charge in [0.05, 0.1) is 11.8 Å². The molecule has 1 amide bonds. The van der Waals surface area contributed by atoms with Crippen LogP contribution in [0.1, 0.15) is 26.7 Å². The van der Waals surface area contributed by atoms with Gasteiger partial charge in [0.25, 0.3) is 0 Å². The Labute approximate surface area is 134 Å². The number of carbonyl (C=O) groups excluding carboxylic acids is 1. The summed E-state index contributed by atoms with van der Waals surface area (Å²) in [4.78, 5) is 14.2. The highest BCUT2D eigenvalue weighted by Crippen LogP contribution is 2.27. The summed E-state index contributed by atoms with van der Waals surface area (Å²) in [6.45, 7) is 5.14. The molecule has 4 unspecified atom stereocenters. The summed E-state index contributed by atoms with van der Waals surface area (Å²) >= 11 is 0. The van der Waals surface area contributed by atoms with Crippen molar-refractivity contribution in [2.45, 2.75) is 44.9 Å². The maximum atomic E-state index is 13.8. The molecule has 2 saturated heterocycles. The van der Waals surface area contributed by atoms with Crippen molar-refractivity contribution in [3.05, 3.63) is 29.8 Å². The van der Waals surface area contributed by atoms with Gasteiger partial charge in [-0.1, -0.05) is 6.92 Å². The molecule has 0 radical (unpaired) electrons. The first-order valence-corrected chi connectivity index (χ1v) is 8.10. The Morgan fingerprint density at radius 3 is 2.78 bits per heavy atom. The number of amides is 1. The molecule has 2 heterocycles. The lowest BCUT2D eigenvalue weighted by Crippen LogP contribution is -2.44. The third-order valence-corrected chi connectivity index (χ3v) is 4.64. The third kappa shape index (κ3) is 3.47. The summed E-state index contributed by atoms with van der Waals surface area (Å²) in [7, 11) is 0. The predicted molar refractivity (Wildman–Crippen MR) is 83.2 cm³/mol. The van der Waals surface area contributed by atoms with Crippen LogP contribution in [0.25, 0.3) is 0 Å². The fourth-order valence-corrected chi connectivity index (χ4v) is 3.53. The number of nitrogens with one attached hydrogen (secondary N) is 1. The molecule has 0 aliphatic carbocycles. The van der Waals surface area contributed by atoms with Gasteiger partial charge in [-0.2, -0.15) is 0 Å². The maximum Gasteiger partial charge on any atom is 0.249 e. The lowest BCUT2D eigenvalue weighted by Gasteiger charge is -2.21. The van der Waals surface area contributed by atoms with E-state index >= 15 is 0 Å². The van der Waals surface area contributed by atoms with Gasteiger partial charge in [0.1, 0.15) is 17.7 Å². The molecular formula is C17H22F2N2O2. The van der Waals surface area contributed by atoms with Crippen LogP contribution >= 0.6 is 0 Å². The second-order valence-corrected chi connectivity index (χ2v) is 6.62. The first-order chi connectivity index (χ1) is 10.9. The van der Waals surface area contributed by atoms with Crippen molar-refractivity contribution >= 4 is 11.6 Å². The minimum atomic E-state index is -0.586. The molecule has 23 heavy (non-hydrogen) atoms. The van der Waals surface area contributed by atoms with Gasteiger partial charge >= 0.3 is 0 Å². The van der Waals surface area contributed by atoms with Crippen LogP contribution in [0, 0.1) is 17.6 Å². The van der Waals surface area contributed by atoms with Gasteiger partial charge in [-0.25, -0.2) is 8.78 Å². The van der Waals surface area contributed by atoms with E-state index in [-0.39, 0.29) is 24.0 Å². The summed E-state index contributed by atoms with van der Waals surface area (Å²) in [5.41, 5.74) is 0.377. The van der Waals surface area contributed by atoms with E-state index in [0.717, 1.165) is 18.9 Å². The normalized spacial score (nSPS) is 30.7. The van der Waals surface area contributed by atoms with Crippen molar-refractivity contribution in [3.8, 4) is 0 Å². The zero-order valence-corrected chi connectivity index (χ0v) is 13.4. The molecule has 4 nitrogen and oxygen atoms in total. The molecule has 2 fully saturated rings. The Bertz CT molecular complexity index is 596. The van der Waals surface area contributed by atoms with Crippen molar-refractivity contribution in [1.29, 1.82) is 0 Å². The van der Waals surface area contributed by atoms with Gasteiger partial charge in [0, 0.05) is 25.2 Å². The van der Waals surface area contributed by atoms with Crippen LogP contribution in [0.3, 0.4) is 0 Å². The molecule has 6 heteroatoms. The number of rotatable bonds is 3. The fourth-order valence-electron chi connectivity index (χ4n) is 3.53. The van der Waals surface area contributed by atoms with Crippen LogP contribution < -0.4 is 10.2 Å². The minimum Gasteiger partial charge on any atom is -0.367 e. The smallest absolute Gasteiger partial charge is 0.249 e. The number of halogens is 2. The third-order valence-electron chi connectivity index (χ3n) is 4.64. The Morgan fingerprint density at radius 2 is 2.13 bits per heavy atom. The summed E-state index contributed by atoms with van der Waals surface area (Å²) < 4.78 is 32.5. The van der Waals surface area contributed by atoms with Crippen LogP contribution in [0.15, 0.2) is 18.2 Å². The highest BCUT2D eigenvalue weighted by Gasteiger charge is 2.36. The van der Waals surface area contributed by atoms with Gasteiger partial charge in [-0.3, -0.25) is 4.79 Å². The number of benzene rings is 1. The molecule has 0 saturated carbocycles. The highest BCUT2D eigenvalue weighted by molar-refractivity contribution is 5.81. The molecule has 0 bridgehead atoms. The SMILES string of the molecule is CC1CC(C)C(C(=O)NC2CCN(c3ccc(F)cc3F)C2)O1. The molecule has 2 aliphatic heterocycles. The van der Waals surface area contributed by atoms with Gasteiger partial charge in [0.15, 0.2) is 0 Å². The number of nitrogens with zero attached hydrogens (tertiary/aromatic N) is 1. The average molecular weight is 324 g/mol. The van der Waals surface area contributed by atoms with Crippen molar-refractivity contribution < 1.29 is 18.3 Å². The van der Waals surface area contributed by atoms with Crippen molar-refractivity contribution in [1.82, 2.24) is 5.32 Å². The summed E-state index contributed by atoms with van der Waals surface area (Å²) in [6.07, 6.45) is 1.32. The van der Waals surface area contributed by atoms with Crippen LogP contribution in [0.2, 0.25) is 0 Å². The summed E-state index contributed by atoms with van der Waals surface area (Å²) in [6, 6.07) is 3.54. The monoisotopic (exact) mass is 324 g/mol. The Morgan fingerprint density at radius 1 is 1.35 bits per heavy atom. The Kier molecular flexibility index (Phi) is 4.53. The molecule has 2 aliphatic rings. The second kappa shape index (κ2) is 6.43. The summed E-state index contributed by atoms with van der Waals surface area (Å²) in [5.74, 6) is -1.04. The lowest BCUT2D eigenvalue weighted by atomic mass is 10.0. The predicted octanol–water partition coefficient (Wildman–Crippen LogP) is 2.47. The van der Waals surface area contributed by atoms with Gasteiger partial charge in [-0.05, 0) is 37.8 Å². The van der Waals surface area contributed by atoms with E-state index in [4.69, 9.17) is 4.74 Å². The van der Waals surface area contributed by atoms with Gasteiger partial charge in [0.2, 0.25) is 5.91 Å². The molecule has 1 aromatic carbocycles. The molecule has 0 aromatic heterocycles. The topological polar surface area (TPSA) is 41.6 Å². The van der Waals surface area contributed by atoms with Gasteiger partial charge in [-0.15, -0.1) is 0 Å². The molecule has 0 spiro atoms. The molecule has 1 N–H and O–H groups in total. The van der Waals surface area contributed by atoms with Crippen LogP contribution in [-0.2, 0) is 9.53 Å². The van der Waals surface area contributed by atoms with Crippen molar-refractivity contribution in [3.63, 3.8) is 0 Å². The fraction of sp³-hybridized carbons (Fsp3) is 0.588. The average Bonchev–Trinajstić information content (AvgIpc) is 3.05. The van der Waals surface area contributed by atoms with E-state index in [0.29, 0.717) is 18.8 Å². The second-order valence-electron chi connectivity index (χ2n) is 6.62. The zero-order chi connectivity index (χ0) is 16.6. The van der Waals surface area contributed by atoms with Crippen LogP contribution in [-0.4, -0.2) is 37.2 Å². The molecular weight excluding hydrogens is 302 g/mol. The van der Waals surface area contributed by atoms with Crippen molar-refractivity contribution in [2.24, 2.45) is 5.92 Å². The van der Waals surface area contributed by atoms with Crippen molar-refractivity contribution in [2.75, 3.05) is 18.0 Å². The molecule has 1 aromatic rings. The van der Waals surface area contributed by atoms with E-state index in [2.05, 4.69) is 5.32 Å². The molecule has 3 rings (SSSR count). The lowest BCUT2D eigenvalue weighted by molar-refractivity contribution is -0.133. The largest absolute Gasteiger partial charge is 0.367 e. The Balaban J connectivity index is 1.58. The number of carbonyl (C=O) groups is 1.